The zero-order valence-electron chi connectivity index (χ0n) is 11.6. The normalized spacial score (nSPS) is 11.5. The molecule has 22 heavy (non-hydrogen) atoms. The van der Waals surface area contributed by atoms with Crippen LogP contribution >= 0.6 is 11.8 Å². The summed E-state index contributed by atoms with van der Waals surface area (Å²) in [5.74, 6) is -0.580. The van der Waals surface area contributed by atoms with Gasteiger partial charge in [-0.2, -0.15) is 11.8 Å². The lowest BCUT2D eigenvalue weighted by Crippen LogP contribution is -2.27. The Morgan fingerprint density at radius 2 is 1.77 bits per heavy atom. The predicted molar refractivity (Wildman–Crippen MR) is 84.2 cm³/mol. The standard InChI is InChI=1S/C15H15F2NO2S2/c16-13-6-7-15(14(17)10-13)22(19,20)18-8-9-21-11-12-4-2-1-3-5-12/h1-7,10,18H,8-9,11H2. The highest BCUT2D eigenvalue weighted by atomic mass is 32.2. The Kier molecular flexibility index (Phi) is 5.93. The molecule has 0 heterocycles. The second kappa shape index (κ2) is 7.71. The largest absolute Gasteiger partial charge is 0.243 e. The van der Waals surface area contributed by atoms with Crippen LogP contribution in [0, 0.1) is 11.6 Å². The SMILES string of the molecule is O=S(=O)(NCCSCc1ccccc1)c1ccc(F)cc1F. The van der Waals surface area contributed by atoms with Crippen LogP contribution in [0.15, 0.2) is 53.4 Å². The topological polar surface area (TPSA) is 46.2 Å². The van der Waals surface area contributed by atoms with E-state index in [0.29, 0.717) is 11.8 Å². The number of halogens is 2. The first kappa shape index (κ1) is 16.9. The van der Waals surface area contributed by atoms with Crippen LogP contribution in [0.2, 0.25) is 0 Å². The molecular weight excluding hydrogens is 328 g/mol. The van der Waals surface area contributed by atoms with Crippen LogP contribution in [-0.4, -0.2) is 20.7 Å². The number of nitrogens with one attached hydrogen (secondary N) is 1. The smallest absolute Gasteiger partial charge is 0.210 e. The Labute approximate surface area is 132 Å². The molecule has 0 saturated heterocycles. The van der Waals surface area contributed by atoms with Gasteiger partial charge in [-0.3, -0.25) is 0 Å². The summed E-state index contributed by atoms with van der Waals surface area (Å²) >= 11 is 1.57. The van der Waals surface area contributed by atoms with Gasteiger partial charge in [-0.05, 0) is 17.7 Å². The highest BCUT2D eigenvalue weighted by molar-refractivity contribution is 7.98. The van der Waals surface area contributed by atoms with E-state index in [9.17, 15) is 17.2 Å². The summed E-state index contributed by atoms with van der Waals surface area (Å²) in [7, 11) is -3.96. The fraction of sp³-hybridized carbons (Fsp3) is 0.200. The molecular formula is C15H15F2NO2S2. The molecule has 0 aromatic heterocycles. The molecule has 2 rings (SSSR count). The van der Waals surface area contributed by atoms with Crippen molar-refractivity contribution in [1.29, 1.82) is 0 Å². The van der Waals surface area contributed by atoms with Gasteiger partial charge in [0.2, 0.25) is 10.0 Å². The highest BCUT2D eigenvalue weighted by Gasteiger charge is 2.18. The Morgan fingerprint density at radius 1 is 1.05 bits per heavy atom. The minimum atomic E-state index is -3.96. The average molecular weight is 343 g/mol. The van der Waals surface area contributed by atoms with Crippen LogP contribution in [0.4, 0.5) is 8.78 Å². The summed E-state index contributed by atoms with van der Waals surface area (Å²) in [4.78, 5) is -0.540. The van der Waals surface area contributed by atoms with Crippen LogP contribution in [-0.2, 0) is 15.8 Å². The van der Waals surface area contributed by atoms with E-state index in [-0.39, 0.29) is 6.54 Å². The Balaban J connectivity index is 1.83. The van der Waals surface area contributed by atoms with E-state index >= 15 is 0 Å². The monoisotopic (exact) mass is 343 g/mol. The number of hydrogen-bond acceptors (Lipinski definition) is 3. The van der Waals surface area contributed by atoms with Crippen LogP contribution < -0.4 is 4.72 Å². The summed E-state index contributed by atoms with van der Waals surface area (Å²) in [6, 6.07) is 12.2. The van der Waals surface area contributed by atoms with Gasteiger partial charge >= 0.3 is 0 Å². The second-order valence-corrected chi connectivity index (χ2v) is 7.35. The Bertz CT molecular complexity index is 722. The first-order valence-electron chi connectivity index (χ1n) is 6.55. The third-order valence-corrected chi connectivity index (χ3v) is 5.36. The maximum atomic E-state index is 13.5. The van der Waals surface area contributed by atoms with Crippen molar-refractivity contribution in [3.8, 4) is 0 Å². The third-order valence-electron chi connectivity index (χ3n) is 2.83. The summed E-state index contributed by atoms with van der Waals surface area (Å²) in [6.45, 7) is 0.177. The lowest BCUT2D eigenvalue weighted by molar-refractivity contribution is 0.544. The minimum Gasteiger partial charge on any atom is -0.210 e. The van der Waals surface area contributed by atoms with E-state index in [1.165, 1.54) is 0 Å². The summed E-state index contributed by atoms with van der Waals surface area (Å²) < 4.78 is 52.4. The number of rotatable bonds is 7. The molecule has 0 bridgehead atoms. The maximum Gasteiger partial charge on any atom is 0.243 e. The van der Waals surface area contributed by atoms with E-state index < -0.39 is 26.6 Å². The van der Waals surface area contributed by atoms with Crippen molar-refractivity contribution >= 4 is 21.8 Å². The lowest BCUT2D eigenvalue weighted by Gasteiger charge is -2.07. The van der Waals surface area contributed by atoms with Gasteiger partial charge < -0.3 is 0 Å². The quantitative estimate of drug-likeness (QED) is 0.786. The molecule has 0 amide bonds. The van der Waals surface area contributed by atoms with E-state index in [2.05, 4.69) is 4.72 Å². The van der Waals surface area contributed by atoms with Crippen molar-refractivity contribution in [1.82, 2.24) is 4.72 Å². The molecule has 2 aromatic rings. The van der Waals surface area contributed by atoms with Gasteiger partial charge in [0.15, 0.2) is 0 Å². The van der Waals surface area contributed by atoms with Gasteiger partial charge in [-0.15, -0.1) is 0 Å². The second-order valence-electron chi connectivity index (χ2n) is 4.51. The molecule has 0 fully saturated rings. The number of benzene rings is 2. The number of thioether (sulfide) groups is 1. The minimum absolute atomic E-state index is 0.177. The molecule has 2 aromatic carbocycles. The molecule has 0 unspecified atom stereocenters. The van der Waals surface area contributed by atoms with Gasteiger partial charge in [0.1, 0.15) is 16.5 Å². The van der Waals surface area contributed by atoms with E-state index in [1.807, 2.05) is 30.3 Å². The van der Waals surface area contributed by atoms with Gasteiger partial charge in [0.25, 0.3) is 0 Å². The van der Waals surface area contributed by atoms with E-state index in [0.717, 1.165) is 23.4 Å². The van der Waals surface area contributed by atoms with E-state index in [1.54, 1.807) is 11.8 Å². The molecule has 0 radical (unpaired) electrons. The van der Waals surface area contributed by atoms with Crippen molar-refractivity contribution < 1.29 is 17.2 Å². The van der Waals surface area contributed by atoms with Crippen molar-refractivity contribution in [2.75, 3.05) is 12.3 Å². The zero-order chi connectivity index (χ0) is 16.0. The Morgan fingerprint density at radius 3 is 2.45 bits per heavy atom. The van der Waals surface area contributed by atoms with E-state index in [4.69, 9.17) is 0 Å². The first-order chi connectivity index (χ1) is 10.5. The molecule has 0 saturated carbocycles. The van der Waals surface area contributed by atoms with Crippen LogP contribution in [0.1, 0.15) is 5.56 Å². The Hall–Kier alpha value is -1.44. The number of sulfonamides is 1. The van der Waals surface area contributed by atoms with Crippen LogP contribution in [0.3, 0.4) is 0 Å². The zero-order valence-corrected chi connectivity index (χ0v) is 13.3. The summed E-state index contributed by atoms with van der Waals surface area (Å²) in [5.41, 5.74) is 1.15. The fourth-order valence-corrected chi connectivity index (χ4v) is 3.82. The van der Waals surface area contributed by atoms with Crippen molar-refractivity contribution in [2.24, 2.45) is 0 Å². The molecule has 0 aliphatic carbocycles. The maximum absolute atomic E-state index is 13.5. The molecule has 0 aliphatic heterocycles. The summed E-state index contributed by atoms with van der Waals surface area (Å²) in [5, 5.41) is 0. The van der Waals surface area contributed by atoms with Crippen molar-refractivity contribution in [3.05, 3.63) is 65.7 Å². The fourth-order valence-electron chi connectivity index (χ4n) is 1.78. The van der Waals surface area contributed by atoms with Gasteiger partial charge in [0.05, 0.1) is 0 Å². The first-order valence-corrected chi connectivity index (χ1v) is 9.19. The van der Waals surface area contributed by atoms with Crippen LogP contribution in [0.25, 0.3) is 0 Å². The number of hydrogen-bond donors (Lipinski definition) is 1. The van der Waals surface area contributed by atoms with Crippen molar-refractivity contribution in [3.63, 3.8) is 0 Å². The third kappa shape index (κ3) is 4.79. The highest BCUT2D eigenvalue weighted by Crippen LogP contribution is 2.16. The van der Waals surface area contributed by atoms with Crippen LogP contribution in [0.5, 0.6) is 0 Å². The predicted octanol–water partition coefficient (Wildman–Crippen LogP) is 3.18. The molecule has 0 aliphatic rings. The average Bonchev–Trinajstić information content (AvgIpc) is 2.47. The summed E-state index contributed by atoms with van der Waals surface area (Å²) in [6.07, 6.45) is 0. The van der Waals surface area contributed by atoms with Gasteiger partial charge in [-0.1, -0.05) is 30.3 Å². The van der Waals surface area contributed by atoms with Gasteiger partial charge in [-0.25, -0.2) is 21.9 Å². The molecule has 3 nitrogen and oxygen atoms in total. The molecule has 118 valence electrons. The molecule has 1 N–H and O–H groups in total. The molecule has 7 heteroatoms. The lowest BCUT2D eigenvalue weighted by atomic mass is 10.2. The van der Waals surface area contributed by atoms with Gasteiger partial charge in [0, 0.05) is 24.1 Å². The molecule has 0 spiro atoms. The molecule has 0 atom stereocenters. The van der Waals surface area contributed by atoms with Crippen molar-refractivity contribution in [2.45, 2.75) is 10.6 Å².